The predicted molar refractivity (Wildman–Crippen MR) is 89.6 cm³/mol. The van der Waals surface area contributed by atoms with Crippen LogP contribution in [-0.4, -0.2) is 28.1 Å². The van der Waals surface area contributed by atoms with E-state index in [4.69, 9.17) is 10.5 Å². The number of phenolic OH excluding ortho intramolecular Hbond substituents is 1. The van der Waals surface area contributed by atoms with Gasteiger partial charge in [0.15, 0.2) is 11.5 Å². The van der Waals surface area contributed by atoms with Gasteiger partial charge in [-0.05, 0) is 30.3 Å². The van der Waals surface area contributed by atoms with Gasteiger partial charge in [-0.2, -0.15) is 0 Å². The lowest BCUT2D eigenvalue weighted by molar-refractivity contribution is 0.100. The molecule has 1 amide bonds. The quantitative estimate of drug-likeness (QED) is 0.769. The standard InChI is InChI=1S/C18H15N3O3/c1-24-17-8-12(5-6-16(17)22)15-10-20-9-14(21-15)11-3-2-4-13(7-11)18(19)23/h2-10,22H,1H3,(H2,19,23). The number of ether oxygens (including phenoxy) is 1. The molecule has 0 fully saturated rings. The molecule has 0 aliphatic rings. The van der Waals surface area contributed by atoms with Crippen LogP contribution in [0.1, 0.15) is 10.4 Å². The third kappa shape index (κ3) is 3.03. The van der Waals surface area contributed by atoms with Crippen LogP contribution in [0.5, 0.6) is 11.5 Å². The summed E-state index contributed by atoms with van der Waals surface area (Å²) in [5.41, 5.74) is 8.45. The smallest absolute Gasteiger partial charge is 0.248 e. The van der Waals surface area contributed by atoms with E-state index in [2.05, 4.69) is 9.97 Å². The molecule has 6 nitrogen and oxygen atoms in total. The molecule has 0 spiro atoms. The van der Waals surface area contributed by atoms with Crippen LogP contribution in [0.25, 0.3) is 22.5 Å². The molecule has 120 valence electrons. The molecule has 0 saturated carbocycles. The Morgan fingerprint density at radius 1 is 1.08 bits per heavy atom. The van der Waals surface area contributed by atoms with Gasteiger partial charge in [0, 0.05) is 16.7 Å². The number of phenols is 1. The number of rotatable bonds is 4. The fourth-order valence-corrected chi connectivity index (χ4v) is 2.31. The minimum absolute atomic E-state index is 0.0551. The zero-order chi connectivity index (χ0) is 17.1. The van der Waals surface area contributed by atoms with Gasteiger partial charge in [0.2, 0.25) is 5.91 Å². The Balaban J connectivity index is 2.04. The highest BCUT2D eigenvalue weighted by Crippen LogP contribution is 2.31. The molecule has 0 aliphatic carbocycles. The van der Waals surface area contributed by atoms with Gasteiger partial charge in [-0.25, -0.2) is 4.98 Å². The molecule has 6 heteroatoms. The number of hydrogen-bond acceptors (Lipinski definition) is 5. The first-order valence-corrected chi connectivity index (χ1v) is 7.18. The predicted octanol–water partition coefficient (Wildman–Crippen LogP) is 2.62. The summed E-state index contributed by atoms with van der Waals surface area (Å²) in [6.07, 6.45) is 3.23. The number of nitrogens with zero attached hydrogens (tertiary/aromatic N) is 2. The molecule has 0 atom stereocenters. The van der Waals surface area contributed by atoms with Crippen molar-refractivity contribution in [3.8, 4) is 34.0 Å². The first kappa shape index (κ1) is 15.5. The zero-order valence-corrected chi connectivity index (χ0v) is 12.9. The Morgan fingerprint density at radius 2 is 1.79 bits per heavy atom. The Kier molecular flexibility index (Phi) is 4.11. The second-order valence-corrected chi connectivity index (χ2v) is 5.12. The summed E-state index contributed by atoms with van der Waals surface area (Å²) in [5.74, 6) is -0.0841. The molecular weight excluding hydrogens is 306 g/mol. The van der Waals surface area contributed by atoms with Crippen molar-refractivity contribution in [1.29, 1.82) is 0 Å². The van der Waals surface area contributed by atoms with Crippen molar-refractivity contribution in [2.75, 3.05) is 7.11 Å². The summed E-state index contributed by atoms with van der Waals surface area (Å²) < 4.78 is 5.11. The molecule has 0 radical (unpaired) electrons. The van der Waals surface area contributed by atoms with Crippen molar-refractivity contribution in [3.05, 3.63) is 60.4 Å². The van der Waals surface area contributed by atoms with Gasteiger partial charge in [-0.15, -0.1) is 0 Å². The van der Waals surface area contributed by atoms with Gasteiger partial charge in [-0.3, -0.25) is 9.78 Å². The largest absolute Gasteiger partial charge is 0.504 e. The minimum Gasteiger partial charge on any atom is -0.504 e. The van der Waals surface area contributed by atoms with Crippen LogP contribution in [0, 0.1) is 0 Å². The molecule has 1 heterocycles. The van der Waals surface area contributed by atoms with E-state index in [1.165, 1.54) is 13.2 Å². The maximum absolute atomic E-state index is 11.3. The number of benzene rings is 2. The van der Waals surface area contributed by atoms with Crippen LogP contribution in [0.2, 0.25) is 0 Å². The van der Waals surface area contributed by atoms with Gasteiger partial charge < -0.3 is 15.6 Å². The minimum atomic E-state index is -0.496. The molecule has 0 saturated heterocycles. The lowest BCUT2D eigenvalue weighted by atomic mass is 10.1. The van der Waals surface area contributed by atoms with Gasteiger partial charge >= 0.3 is 0 Å². The van der Waals surface area contributed by atoms with Crippen molar-refractivity contribution in [3.63, 3.8) is 0 Å². The average molecular weight is 321 g/mol. The first-order chi connectivity index (χ1) is 11.6. The summed E-state index contributed by atoms with van der Waals surface area (Å²) in [5, 5.41) is 9.69. The highest BCUT2D eigenvalue weighted by Gasteiger charge is 2.09. The van der Waals surface area contributed by atoms with Gasteiger partial charge in [0.25, 0.3) is 0 Å². The highest BCUT2D eigenvalue weighted by atomic mass is 16.5. The molecule has 24 heavy (non-hydrogen) atoms. The summed E-state index contributed by atoms with van der Waals surface area (Å²) >= 11 is 0. The van der Waals surface area contributed by atoms with Crippen molar-refractivity contribution in [2.45, 2.75) is 0 Å². The summed E-state index contributed by atoms with van der Waals surface area (Å²) in [6, 6.07) is 11.8. The number of nitrogens with two attached hydrogens (primary N) is 1. The number of aromatic hydroxyl groups is 1. The van der Waals surface area contributed by atoms with E-state index in [1.54, 1.807) is 42.7 Å². The van der Waals surface area contributed by atoms with Crippen LogP contribution in [0.4, 0.5) is 0 Å². The second-order valence-electron chi connectivity index (χ2n) is 5.12. The molecule has 0 aliphatic heterocycles. The number of aromatic nitrogens is 2. The normalized spacial score (nSPS) is 10.4. The van der Waals surface area contributed by atoms with Crippen LogP contribution in [-0.2, 0) is 0 Å². The topological polar surface area (TPSA) is 98.3 Å². The lowest BCUT2D eigenvalue weighted by Crippen LogP contribution is -2.10. The second kappa shape index (κ2) is 6.37. The first-order valence-electron chi connectivity index (χ1n) is 7.18. The van der Waals surface area contributed by atoms with Gasteiger partial charge in [-0.1, -0.05) is 12.1 Å². The SMILES string of the molecule is COc1cc(-c2cncc(-c3cccc(C(N)=O)c3)n2)ccc1O. The van der Waals surface area contributed by atoms with E-state index in [1.807, 2.05) is 6.07 Å². The Morgan fingerprint density at radius 3 is 2.46 bits per heavy atom. The van der Waals surface area contributed by atoms with E-state index in [0.717, 1.165) is 11.1 Å². The van der Waals surface area contributed by atoms with Crippen LogP contribution in [0.3, 0.4) is 0 Å². The monoisotopic (exact) mass is 321 g/mol. The Labute approximate surface area is 138 Å². The van der Waals surface area contributed by atoms with Crippen LogP contribution in [0.15, 0.2) is 54.9 Å². The third-order valence-electron chi connectivity index (χ3n) is 3.55. The molecule has 2 aromatic carbocycles. The third-order valence-corrected chi connectivity index (χ3v) is 3.55. The number of primary amides is 1. The molecule has 0 unspecified atom stereocenters. The van der Waals surface area contributed by atoms with Crippen molar-refractivity contribution >= 4 is 5.91 Å². The number of hydrogen-bond donors (Lipinski definition) is 2. The van der Waals surface area contributed by atoms with E-state index >= 15 is 0 Å². The van der Waals surface area contributed by atoms with Gasteiger partial charge in [0.1, 0.15) is 0 Å². The maximum Gasteiger partial charge on any atom is 0.248 e. The fourth-order valence-electron chi connectivity index (χ4n) is 2.31. The number of carbonyl (C=O) groups excluding carboxylic acids is 1. The summed E-state index contributed by atoms with van der Waals surface area (Å²) in [7, 11) is 1.48. The van der Waals surface area contributed by atoms with E-state index in [0.29, 0.717) is 22.7 Å². The van der Waals surface area contributed by atoms with Crippen molar-refractivity contribution in [2.24, 2.45) is 5.73 Å². The lowest BCUT2D eigenvalue weighted by Gasteiger charge is -2.08. The highest BCUT2D eigenvalue weighted by molar-refractivity contribution is 5.94. The molecule has 3 rings (SSSR count). The number of methoxy groups -OCH3 is 1. The maximum atomic E-state index is 11.3. The van der Waals surface area contributed by atoms with E-state index in [9.17, 15) is 9.90 Å². The molecular formula is C18H15N3O3. The average Bonchev–Trinajstić information content (AvgIpc) is 2.62. The van der Waals surface area contributed by atoms with E-state index < -0.39 is 5.91 Å². The molecule has 0 bridgehead atoms. The molecule has 3 N–H and O–H groups in total. The summed E-state index contributed by atoms with van der Waals surface area (Å²) in [6.45, 7) is 0. The van der Waals surface area contributed by atoms with Crippen molar-refractivity contribution in [1.82, 2.24) is 9.97 Å². The van der Waals surface area contributed by atoms with Gasteiger partial charge in [0.05, 0.1) is 30.9 Å². The number of carbonyl (C=O) groups is 1. The zero-order valence-electron chi connectivity index (χ0n) is 12.9. The van der Waals surface area contributed by atoms with E-state index in [-0.39, 0.29) is 5.75 Å². The number of amides is 1. The molecule has 1 aromatic heterocycles. The van der Waals surface area contributed by atoms with Crippen LogP contribution < -0.4 is 10.5 Å². The van der Waals surface area contributed by atoms with Crippen LogP contribution >= 0.6 is 0 Å². The fraction of sp³-hybridized carbons (Fsp3) is 0.0556. The Bertz CT molecular complexity index is 910. The Hall–Kier alpha value is -3.41. The summed E-state index contributed by atoms with van der Waals surface area (Å²) in [4.78, 5) is 20.1. The van der Waals surface area contributed by atoms with Crippen molar-refractivity contribution < 1.29 is 14.6 Å². The molecule has 3 aromatic rings.